The van der Waals surface area contributed by atoms with Gasteiger partial charge in [-0.25, -0.2) is 0 Å². The number of hydrogen-bond donors (Lipinski definition) is 1. The Morgan fingerprint density at radius 3 is 2.38 bits per heavy atom. The van der Waals surface area contributed by atoms with E-state index in [1.807, 2.05) is 0 Å². The first-order chi connectivity index (χ1) is 7.39. The molecule has 1 aromatic rings. The normalized spacial score (nSPS) is 18.6. The van der Waals surface area contributed by atoms with Gasteiger partial charge >= 0.3 is 6.18 Å². The highest BCUT2D eigenvalue weighted by atomic mass is 35.5. The molecule has 0 heterocycles. The van der Waals surface area contributed by atoms with Gasteiger partial charge in [0.2, 0.25) is 0 Å². The molecule has 0 spiro atoms. The number of benzene rings is 1. The van der Waals surface area contributed by atoms with E-state index in [1.54, 1.807) is 7.05 Å². The van der Waals surface area contributed by atoms with Gasteiger partial charge in [-0.15, -0.1) is 0 Å². The van der Waals surface area contributed by atoms with Crippen LogP contribution in [0.3, 0.4) is 0 Å². The summed E-state index contributed by atoms with van der Waals surface area (Å²) in [5, 5.41) is 3.07. The molecule has 0 unspecified atom stereocenters. The van der Waals surface area contributed by atoms with Crippen molar-refractivity contribution >= 4 is 11.6 Å². The van der Waals surface area contributed by atoms with Gasteiger partial charge in [0.05, 0.1) is 5.56 Å². The van der Waals surface area contributed by atoms with Crippen LogP contribution in [0.15, 0.2) is 18.2 Å². The first-order valence-electron chi connectivity index (χ1n) is 4.95. The first-order valence-corrected chi connectivity index (χ1v) is 5.33. The van der Waals surface area contributed by atoms with Crippen LogP contribution in [-0.2, 0) is 11.7 Å². The highest BCUT2D eigenvalue weighted by Crippen LogP contribution is 2.49. The summed E-state index contributed by atoms with van der Waals surface area (Å²) in [5.74, 6) is 0. The minimum Gasteiger partial charge on any atom is -0.310 e. The molecule has 0 aliphatic heterocycles. The molecule has 1 aromatic carbocycles. The third-order valence-corrected chi connectivity index (χ3v) is 3.27. The van der Waals surface area contributed by atoms with Crippen LogP contribution in [0.4, 0.5) is 13.2 Å². The number of halogens is 4. The van der Waals surface area contributed by atoms with Gasteiger partial charge in [-0.2, -0.15) is 13.2 Å². The van der Waals surface area contributed by atoms with Crippen molar-refractivity contribution in [1.82, 2.24) is 5.32 Å². The maximum atomic E-state index is 12.8. The molecule has 0 radical (unpaired) electrons. The largest absolute Gasteiger partial charge is 0.416 e. The third kappa shape index (κ3) is 1.92. The van der Waals surface area contributed by atoms with E-state index in [9.17, 15) is 13.2 Å². The Balaban J connectivity index is 2.53. The zero-order chi connectivity index (χ0) is 12.0. The van der Waals surface area contributed by atoms with Crippen molar-refractivity contribution in [3.05, 3.63) is 34.3 Å². The molecular formula is C11H11ClF3N. The van der Waals surface area contributed by atoms with Crippen molar-refractivity contribution in [2.45, 2.75) is 24.6 Å². The molecule has 1 aliphatic rings. The highest BCUT2D eigenvalue weighted by Gasteiger charge is 2.48. The van der Waals surface area contributed by atoms with E-state index >= 15 is 0 Å². The lowest BCUT2D eigenvalue weighted by atomic mass is 9.98. The number of hydrogen-bond acceptors (Lipinski definition) is 1. The van der Waals surface area contributed by atoms with Crippen LogP contribution >= 0.6 is 11.6 Å². The number of rotatable bonds is 2. The molecule has 1 aliphatic carbocycles. The summed E-state index contributed by atoms with van der Waals surface area (Å²) in [6.07, 6.45) is -2.89. The quantitative estimate of drug-likeness (QED) is 0.845. The van der Waals surface area contributed by atoms with E-state index < -0.39 is 17.3 Å². The Kier molecular flexibility index (Phi) is 2.67. The first kappa shape index (κ1) is 11.7. The Morgan fingerprint density at radius 2 is 1.94 bits per heavy atom. The smallest absolute Gasteiger partial charge is 0.310 e. The van der Waals surface area contributed by atoms with E-state index in [4.69, 9.17) is 11.6 Å². The van der Waals surface area contributed by atoms with Crippen LogP contribution in [0.5, 0.6) is 0 Å². The van der Waals surface area contributed by atoms with Crippen LogP contribution in [-0.4, -0.2) is 7.05 Å². The molecule has 0 atom stereocenters. The van der Waals surface area contributed by atoms with Gasteiger partial charge in [-0.1, -0.05) is 17.7 Å². The minimum atomic E-state index is -4.35. The summed E-state index contributed by atoms with van der Waals surface area (Å²) >= 11 is 5.62. The third-order valence-electron chi connectivity index (χ3n) is 3.03. The molecule has 16 heavy (non-hydrogen) atoms. The van der Waals surface area contributed by atoms with E-state index in [1.165, 1.54) is 12.1 Å². The van der Waals surface area contributed by atoms with Gasteiger partial charge in [-0.3, -0.25) is 0 Å². The fraction of sp³-hybridized carbons (Fsp3) is 0.455. The van der Waals surface area contributed by atoms with Crippen LogP contribution in [0.2, 0.25) is 5.02 Å². The molecule has 0 bridgehead atoms. The second-order valence-corrected chi connectivity index (χ2v) is 4.46. The van der Waals surface area contributed by atoms with E-state index in [0.717, 1.165) is 18.9 Å². The minimum absolute atomic E-state index is 0.114. The summed E-state index contributed by atoms with van der Waals surface area (Å²) in [6.45, 7) is 0. The predicted molar refractivity (Wildman–Crippen MR) is 56.4 cm³/mol. The van der Waals surface area contributed by atoms with Crippen molar-refractivity contribution in [3.8, 4) is 0 Å². The van der Waals surface area contributed by atoms with E-state index in [-0.39, 0.29) is 5.02 Å². The molecule has 0 saturated heterocycles. The van der Waals surface area contributed by atoms with Crippen molar-refractivity contribution in [2.75, 3.05) is 7.05 Å². The van der Waals surface area contributed by atoms with E-state index in [2.05, 4.69) is 5.32 Å². The zero-order valence-electron chi connectivity index (χ0n) is 8.66. The summed E-state index contributed by atoms with van der Waals surface area (Å²) in [6, 6.07) is 3.96. The SMILES string of the molecule is CNC1(c2ccc(Cl)cc2C(F)(F)F)CC1. The van der Waals surface area contributed by atoms with Crippen LogP contribution in [0, 0.1) is 0 Å². The summed E-state index contributed by atoms with van der Waals surface area (Å²) < 4.78 is 38.5. The van der Waals surface area contributed by atoms with Gasteiger partial charge in [0.25, 0.3) is 0 Å². The van der Waals surface area contributed by atoms with Crippen LogP contribution in [0.25, 0.3) is 0 Å². The Labute approximate surface area is 96.6 Å². The second-order valence-electron chi connectivity index (χ2n) is 4.02. The summed E-state index contributed by atoms with van der Waals surface area (Å²) in [4.78, 5) is 0. The van der Waals surface area contributed by atoms with Gasteiger partial charge in [0.1, 0.15) is 0 Å². The molecule has 1 fully saturated rings. The van der Waals surface area contributed by atoms with Crippen LogP contribution in [0.1, 0.15) is 24.0 Å². The molecule has 0 aromatic heterocycles. The van der Waals surface area contributed by atoms with Crippen molar-refractivity contribution in [3.63, 3.8) is 0 Å². The lowest BCUT2D eigenvalue weighted by Crippen LogP contribution is -2.27. The number of alkyl halides is 3. The standard InChI is InChI=1S/C11H11ClF3N/c1-16-10(4-5-10)8-3-2-7(12)6-9(8)11(13,14)15/h2-3,6,16H,4-5H2,1H3. The zero-order valence-corrected chi connectivity index (χ0v) is 9.41. The van der Waals surface area contributed by atoms with Crippen molar-refractivity contribution < 1.29 is 13.2 Å². The molecule has 1 saturated carbocycles. The average molecular weight is 250 g/mol. The fourth-order valence-electron chi connectivity index (χ4n) is 1.95. The second kappa shape index (κ2) is 3.64. The maximum Gasteiger partial charge on any atom is 0.416 e. The molecule has 88 valence electrons. The van der Waals surface area contributed by atoms with Gasteiger partial charge in [0.15, 0.2) is 0 Å². The Hall–Kier alpha value is -0.740. The van der Waals surface area contributed by atoms with Crippen LogP contribution < -0.4 is 5.32 Å². The lowest BCUT2D eigenvalue weighted by molar-refractivity contribution is -0.138. The Morgan fingerprint density at radius 1 is 1.31 bits per heavy atom. The maximum absolute atomic E-state index is 12.8. The molecular weight excluding hydrogens is 239 g/mol. The van der Waals surface area contributed by atoms with E-state index in [0.29, 0.717) is 5.56 Å². The molecule has 2 rings (SSSR count). The van der Waals surface area contributed by atoms with Gasteiger partial charge in [0, 0.05) is 10.6 Å². The number of nitrogens with one attached hydrogen (secondary N) is 1. The predicted octanol–water partition coefficient (Wildman–Crippen LogP) is 3.57. The van der Waals surface area contributed by atoms with Crippen molar-refractivity contribution in [1.29, 1.82) is 0 Å². The summed E-state index contributed by atoms with van der Waals surface area (Å²) in [5.41, 5.74) is -0.839. The van der Waals surface area contributed by atoms with Gasteiger partial charge < -0.3 is 5.32 Å². The average Bonchev–Trinajstić information content (AvgIpc) is 2.97. The topological polar surface area (TPSA) is 12.0 Å². The van der Waals surface area contributed by atoms with Crippen molar-refractivity contribution in [2.24, 2.45) is 0 Å². The monoisotopic (exact) mass is 249 g/mol. The highest BCUT2D eigenvalue weighted by molar-refractivity contribution is 6.30. The lowest BCUT2D eigenvalue weighted by Gasteiger charge is -2.20. The van der Waals surface area contributed by atoms with Gasteiger partial charge in [-0.05, 0) is 37.6 Å². The Bertz CT molecular complexity index is 410. The molecule has 1 nitrogen and oxygen atoms in total. The fourth-order valence-corrected chi connectivity index (χ4v) is 2.12. The molecule has 5 heteroatoms. The molecule has 1 N–H and O–H groups in total. The molecule has 0 amide bonds. The summed E-state index contributed by atoms with van der Waals surface area (Å²) in [7, 11) is 1.68.